The molecule has 80 valence electrons. The second-order valence-corrected chi connectivity index (χ2v) is 4.80. The molecule has 14 heavy (non-hydrogen) atoms. The maximum Gasteiger partial charge on any atom is 0.223 e. The molecule has 0 aliphatic heterocycles. The molecule has 2 nitrogen and oxygen atoms in total. The van der Waals surface area contributed by atoms with E-state index in [2.05, 4.69) is 25.7 Å². The lowest BCUT2D eigenvalue weighted by atomic mass is 9.81. The first-order valence-electron chi connectivity index (χ1n) is 5.46. The van der Waals surface area contributed by atoms with Crippen molar-refractivity contribution in [3.8, 4) is 0 Å². The summed E-state index contributed by atoms with van der Waals surface area (Å²) in [5.41, 5.74) is 0.193. The van der Waals surface area contributed by atoms with E-state index in [-0.39, 0.29) is 17.2 Å². The van der Waals surface area contributed by atoms with Crippen molar-refractivity contribution >= 4 is 5.91 Å². The van der Waals surface area contributed by atoms with Gasteiger partial charge in [0.1, 0.15) is 0 Å². The third-order valence-electron chi connectivity index (χ3n) is 3.22. The highest BCUT2D eigenvalue weighted by atomic mass is 16.1. The van der Waals surface area contributed by atoms with Crippen molar-refractivity contribution in [1.82, 2.24) is 5.32 Å². The van der Waals surface area contributed by atoms with Crippen LogP contribution < -0.4 is 5.32 Å². The maximum absolute atomic E-state index is 11.8. The smallest absolute Gasteiger partial charge is 0.223 e. The molecule has 1 saturated carbocycles. The predicted molar refractivity (Wildman–Crippen MR) is 58.9 cm³/mol. The summed E-state index contributed by atoms with van der Waals surface area (Å²) in [6.45, 7) is 8.75. The van der Waals surface area contributed by atoms with Crippen LogP contribution in [0, 0.1) is 11.3 Å². The molecule has 1 fully saturated rings. The van der Waals surface area contributed by atoms with Crippen LogP contribution in [0.4, 0.5) is 0 Å². The Morgan fingerprint density at radius 1 is 1.64 bits per heavy atom. The van der Waals surface area contributed by atoms with Crippen LogP contribution in [-0.4, -0.2) is 12.5 Å². The summed E-state index contributed by atoms with van der Waals surface area (Å²) in [4.78, 5) is 11.8. The number of rotatable bonds is 4. The molecule has 1 aliphatic carbocycles. The molecule has 0 bridgehead atoms. The molecule has 1 amide bonds. The van der Waals surface area contributed by atoms with E-state index in [0.29, 0.717) is 0 Å². The van der Waals surface area contributed by atoms with Crippen LogP contribution in [0.5, 0.6) is 0 Å². The van der Waals surface area contributed by atoms with E-state index in [1.54, 1.807) is 0 Å². The van der Waals surface area contributed by atoms with Gasteiger partial charge in [-0.2, -0.15) is 0 Å². The molecule has 0 saturated heterocycles. The molecule has 0 aromatic heterocycles. The Morgan fingerprint density at radius 3 is 2.86 bits per heavy atom. The van der Waals surface area contributed by atoms with E-state index < -0.39 is 0 Å². The van der Waals surface area contributed by atoms with Gasteiger partial charge in [0, 0.05) is 12.5 Å². The zero-order valence-electron chi connectivity index (χ0n) is 9.31. The monoisotopic (exact) mass is 195 g/mol. The molecule has 1 aliphatic rings. The van der Waals surface area contributed by atoms with Crippen LogP contribution in [0.2, 0.25) is 0 Å². The molecule has 0 spiro atoms. The number of carbonyl (C=O) groups excluding carboxylic acids is 1. The lowest BCUT2D eigenvalue weighted by Gasteiger charge is -2.25. The van der Waals surface area contributed by atoms with Gasteiger partial charge < -0.3 is 5.32 Å². The largest absolute Gasteiger partial charge is 0.356 e. The number of nitrogens with one attached hydrogen (secondary N) is 1. The summed E-state index contributed by atoms with van der Waals surface area (Å²) in [5.74, 6) is 0.446. The summed E-state index contributed by atoms with van der Waals surface area (Å²) in [5, 5.41) is 2.97. The third kappa shape index (κ3) is 2.60. The predicted octanol–water partition coefficient (Wildman–Crippen LogP) is 2.51. The van der Waals surface area contributed by atoms with Crippen LogP contribution >= 0.6 is 0 Å². The van der Waals surface area contributed by atoms with Crippen molar-refractivity contribution in [3.05, 3.63) is 12.7 Å². The van der Waals surface area contributed by atoms with E-state index in [0.717, 1.165) is 19.4 Å². The molecule has 2 heteroatoms. The highest BCUT2D eigenvalue weighted by Gasteiger charge is 2.38. The normalized spacial score (nSPS) is 24.6. The molecule has 1 unspecified atom stereocenters. The first-order chi connectivity index (χ1) is 6.58. The van der Waals surface area contributed by atoms with Gasteiger partial charge in [-0.25, -0.2) is 0 Å². The zero-order valence-corrected chi connectivity index (χ0v) is 9.31. The van der Waals surface area contributed by atoms with E-state index in [9.17, 15) is 4.79 Å². The number of carbonyl (C=O) groups is 1. The molecule has 0 radical (unpaired) electrons. The fourth-order valence-corrected chi connectivity index (χ4v) is 2.23. The molecule has 0 aromatic carbocycles. The highest BCUT2D eigenvalue weighted by Crippen LogP contribution is 2.42. The Bertz CT molecular complexity index is 220. The van der Waals surface area contributed by atoms with Gasteiger partial charge in [-0.3, -0.25) is 4.79 Å². The molecule has 1 atom stereocenters. The van der Waals surface area contributed by atoms with Gasteiger partial charge in [0.25, 0.3) is 0 Å². The van der Waals surface area contributed by atoms with Gasteiger partial charge in [0.05, 0.1) is 0 Å². The second kappa shape index (κ2) is 4.63. The zero-order chi connectivity index (χ0) is 10.6. The van der Waals surface area contributed by atoms with Gasteiger partial charge in [0.15, 0.2) is 0 Å². The lowest BCUT2D eigenvalue weighted by molar-refractivity contribution is -0.127. The first-order valence-corrected chi connectivity index (χ1v) is 5.46. The van der Waals surface area contributed by atoms with Crippen LogP contribution in [0.1, 0.15) is 39.5 Å². The van der Waals surface area contributed by atoms with Crippen molar-refractivity contribution in [2.24, 2.45) is 11.3 Å². The summed E-state index contributed by atoms with van der Waals surface area (Å²) in [6, 6.07) is 0. The fourth-order valence-electron chi connectivity index (χ4n) is 2.23. The minimum Gasteiger partial charge on any atom is -0.356 e. The molecular formula is C12H21NO. The quantitative estimate of drug-likeness (QED) is 0.542. The second-order valence-electron chi connectivity index (χ2n) is 4.80. The highest BCUT2D eigenvalue weighted by molar-refractivity contribution is 5.79. The minimum atomic E-state index is 0.193. The summed E-state index contributed by atoms with van der Waals surface area (Å²) < 4.78 is 0. The Hall–Kier alpha value is -0.790. The van der Waals surface area contributed by atoms with Gasteiger partial charge in [-0.1, -0.05) is 26.3 Å². The van der Waals surface area contributed by atoms with E-state index in [1.165, 1.54) is 12.8 Å². The Balaban J connectivity index is 2.40. The van der Waals surface area contributed by atoms with E-state index in [4.69, 9.17) is 0 Å². The Morgan fingerprint density at radius 2 is 2.36 bits per heavy atom. The van der Waals surface area contributed by atoms with Crippen molar-refractivity contribution in [2.45, 2.75) is 39.5 Å². The topological polar surface area (TPSA) is 29.1 Å². The van der Waals surface area contributed by atoms with Crippen LogP contribution in [0.3, 0.4) is 0 Å². The summed E-state index contributed by atoms with van der Waals surface area (Å²) in [7, 11) is 0. The lowest BCUT2D eigenvalue weighted by Crippen LogP contribution is -2.36. The van der Waals surface area contributed by atoms with Crippen molar-refractivity contribution < 1.29 is 4.79 Å². The number of hydrogen-bond acceptors (Lipinski definition) is 1. The number of amides is 1. The molecule has 1 N–H and O–H groups in total. The average molecular weight is 195 g/mol. The van der Waals surface area contributed by atoms with Crippen LogP contribution in [0.25, 0.3) is 0 Å². The van der Waals surface area contributed by atoms with Crippen LogP contribution in [-0.2, 0) is 4.79 Å². The molecule has 0 heterocycles. The van der Waals surface area contributed by atoms with E-state index in [1.807, 2.05) is 6.08 Å². The molecule has 0 aromatic rings. The van der Waals surface area contributed by atoms with Gasteiger partial charge >= 0.3 is 0 Å². The first kappa shape index (κ1) is 11.3. The molecular weight excluding hydrogens is 174 g/mol. The fraction of sp³-hybridized carbons (Fsp3) is 0.750. The Labute approximate surface area is 86.8 Å². The van der Waals surface area contributed by atoms with Crippen molar-refractivity contribution in [3.63, 3.8) is 0 Å². The van der Waals surface area contributed by atoms with Crippen molar-refractivity contribution in [2.75, 3.05) is 6.54 Å². The maximum atomic E-state index is 11.8. The number of hydrogen-bond donors (Lipinski definition) is 1. The van der Waals surface area contributed by atoms with Gasteiger partial charge in [-0.05, 0) is 24.7 Å². The van der Waals surface area contributed by atoms with Gasteiger partial charge in [-0.15, -0.1) is 6.58 Å². The molecule has 1 rings (SSSR count). The Kier molecular flexibility index (Phi) is 3.73. The SMILES string of the molecule is C=CCCNC(=O)C1CCCC1(C)C. The van der Waals surface area contributed by atoms with Gasteiger partial charge in [0.2, 0.25) is 5.91 Å². The summed E-state index contributed by atoms with van der Waals surface area (Å²) in [6.07, 6.45) is 6.10. The minimum absolute atomic E-state index is 0.193. The van der Waals surface area contributed by atoms with Crippen molar-refractivity contribution in [1.29, 1.82) is 0 Å². The average Bonchev–Trinajstić information content (AvgIpc) is 2.45. The van der Waals surface area contributed by atoms with E-state index >= 15 is 0 Å². The summed E-state index contributed by atoms with van der Waals surface area (Å²) >= 11 is 0. The standard InChI is InChI=1S/C12H21NO/c1-4-5-9-13-11(14)10-7-6-8-12(10,2)3/h4,10H,1,5-9H2,2-3H3,(H,13,14). The third-order valence-corrected chi connectivity index (χ3v) is 3.22. The van der Waals surface area contributed by atoms with Crippen LogP contribution in [0.15, 0.2) is 12.7 Å².